The maximum Gasteiger partial charge on any atom is 0.321 e. The molecule has 0 aliphatic carbocycles. The van der Waals surface area contributed by atoms with E-state index in [1.807, 2.05) is 49.9 Å². The summed E-state index contributed by atoms with van der Waals surface area (Å²) in [4.78, 5) is 29.1. The Labute approximate surface area is 240 Å². The van der Waals surface area contributed by atoms with Crippen LogP contribution in [-0.2, 0) is 9.53 Å². The number of rotatable bonds is 7. The van der Waals surface area contributed by atoms with Gasteiger partial charge in [-0.1, -0.05) is 41.4 Å². The van der Waals surface area contributed by atoms with Crippen molar-refractivity contribution < 1.29 is 19.4 Å². The predicted octanol–water partition coefficient (Wildman–Crippen LogP) is 6.29. The molecule has 0 aromatic heterocycles. The van der Waals surface area contributed by atoms with E-state index in [0.29, 0.717) is 47.7 Å². The molecule has 2 atom stereocenters. The average molecular weight is 578 g/mol. The van der Waals surface area contributed by atoms with Gasteiger partial charge in [-0.25, -0.2) is 4.79 Å². The SMILES string of the molecule is CC(C)(C)OC(O)N1CCCC1CC(=O)Nc1ccc(C2CCN(C(=O)Nc3c(Cl)cccc3Cl)CC2)cc1. The molecule has 2 aliphatic rings. The molecule has 8 nitrogen and oxygen atoms in total. The van der Waals surface area contributed by atoms with Gasteiger partial charge in [0.2, 0.25) is 12.3 Å². The van der Waals surface area contributed by atoms with Crippen molar-refractivity contribution in [2.24, 2.45) is 0 Å². The molecule has 0 saturated carbocycles. The summed E-state index contributed by atoms with van der Waals surface area (Å²) < 4.78 is 5.69. The Morgan fingerprint density at radius 3 is 2.26 bits per heavy atom. The van der Waals surface area contributed by atoms with Crippen molar-refractivity contribution in [2.45, 2.75) is 76.9 Å². The Morgan fingerprint density at radius 2 is 1.64 bits per heavy atom. The molecule has 2 heterocycles. The van der Waals surface area contributed by atoms with E-state index in [0.717, 1.165) is 31.4 Å². The third-order valence-corrected chi connectivity index (χ3v) is 7.86. The number of aliphatic hydroxyl groups excluding tert-OH is 1. The van der Waals surface area contributed by atoms with E-state index in [1.165, 1.54) is 5.56 Å². The van der Waals surface area contributed by atoms with Crippen LogP contribution in [0.2, 0.25) is 10.0 Å². The van der Waals surface area contributed by atoms with Gasteiger partial charge in [0.25, 0.3) is 0 Å². The van der Waals surface area contributed by atoms with Crippen molar-refractivity contribution in [3.63, 3.8) is 0 Å². The number of amides is 3. The fourth-order valence-corrected chi connectivity index (χ4v) is 5.73. The lowest BCUT2D eigenvalue weighted by molar-refractivity contribution is -0.242. The van der Waals surface area contributed by atoms with Gasteiger partial charge in [-0.3, -0.25) is 9.69 Å². The van der Waals surface area contributed by atoms with E-state index >= 15 is 0 Å². The van der Waals surface area contributed by atoms with Crippen LogP contribution in [0.4, 0.5) is 16.2 Å². The minimum atomic E-state index is -1.02. The third-order valence-electron chi connectivity index (χ3n) is 7.23. The first-order valence-corrected chi connectivity index (χ1v) is 14.3. The summed E-state index contributed by atoms with van der Waals surface area (Å²) in [5.74, 6) is 0.250. The molecule has 4 rings (SSSR count). The number of benzene rings is 2. The molecule has 2 aromatic carbocycles. The zero-order valence-electron chi connectivity index (χ0n) is 22.8. The van der Waals surface area contributed by atoms with E-state index in [-0.39, 0.29) is 18.0 Å². The van der Waals surface area contributed by atoms with Crippen LogP contribution in [0.15, 0.2) is 42.5 Å². The number of ether oxygens (including phenoxy) is 1. The van der Waals surface area contributed by atoms with Gasteiger partial charge < -0.3 is 25.4 Å². The van der Waals surface area contributed by atoms with Crippen molar-refractivity contribution in [2.75, 3.05) is 30.3 Å². The number of likely N-dealkylation sites (tertiary alicyclic amines) is 2. The van der Waals surface area contributed by atoms with Gasteiger partial charge in [0.05, 0.1) is 21.3 Å². The highest BCUT2D eigenvalue weighted by atomic mass is 35.5. The van der Waals surface area contributed by atoms with Gasteiger partial charge in [0.15, 0.2) is 0 Å². The Bertz CT molecular complexity index is 1130. The number of nitrogens with one attached hydrogen (secondary N) is 2. The van der Waals surface area contributed by atoms with E-state index in [9.17, 15) is 14.7 Å². The predicted molar refractivity (Wildman–Crippen MR) is 155 cm³/mol. The molecule has 3 amide bonds. The summed E-state index contributed by atoms with van der Waals surface area (Å²) in [6.07, 6.45) is 2.73. The minimum Gasteiger partial charge on any atom is -0.356 e. The number of carbonyl (C=O) groups excluding carboxylic acids is 2. The molecule has 0 radical (unpaired) electrons. The second-order valence-corrected chi connectivity index (χ2v) is 12.1. The molecule has 10 heteroatoms. The summed E-state index contributed by atoms with van der Waals surface area (Å²) in [5, 5.41) is 17.1. The molecule has 3 N–H and O–H groups in total. The highest BCUT2D eigenvalue weighted by molar-refractivity contribution is 6.39. The second-order valence-electron chi connectivity index (χ2n) is 11.3. The zero-order valence-corrected chi connectivity index (χ0v) is 24.3. The van der Waals surface area contributed by atoms with Gasteiger partial charge in [-0.15, -0.1) is 0 Å². The molecular formula is C29H38Cl2N4O4. The molecular weight excluding hydrogens is 539 g/mol. The highest BCUT2D eigenvalue weighted by Crippen LogP contribution is 2.32. The first-order valence-electron chi connectivity index (χ1n) is 13.5. The number of hydrogen-bond donors (Lipinski definition) is 3. The maximum absolute atomic E-state index is 12.8. The van der Waals surface area contributed by atoms with Crippen molar-refractivity contribution in [1.82, 2.24) is 9.80 Å². The van der Waals surface area contributed by atoms with Crippen molar-refractivity contribution in [1.29, 1.82) is 0 Å². The van der Waals surface area contributed by atoms with Crippen LogP contribution < -0.4 is 10.6 Å². The summed E-state index contributed by atoms with van der Waals surface area (Å²) in [6.45, 7) is 7.65. The largest absolute Gasteiger partial charge is 0.356 e. The number of piperidine rings is 1. The van der Waals surface area contributed by atoms with Crippen LogP contribution in [0, 0.1) is 0 Å². The molecule has 0 bridgehead atoms. The Morgan fingerprint density at radius 1 is 1.00 bits per heavy atom. The smallest absolute Gasteiger partial charge is 0.321 e. The zero-order chi connectivity index (χ0) is 28.2. The second kappa shape index (κ2) is 12.9. The van der Waals surface area contributed by atoms with Gasteiger partial charge in [-0.05, 0) is 82.2 Å². The van der Waals surface area contributed by atoms with Crippen LogP contribution in [0.5, 0.6) is 0 Å². The number of anilines is 2. The molecule has 2 fully saturated rings. The quantitative estimate of drug-likeness (QED) is 0.337. The van der Waals surface area contributed by atoms with Crippen molar-refractivity contribution >= 4 is 46.5 Å². The average Bonchev–Trinajstić information content (AvgIpc) is 3.34. The van der Waals surface area contributed by atoms with Gasteiger partial charge in [0, 0.05) is 37.8 Å². The van der Waals surface area contributed by atoms with Gasteiger partial charge in [-0.2, -0.15) is 0 Å². The van der Waals surface area contributed by atoms with Crippen molar-refractivity contribution in [3.8, 4) is 0 Å². The summed E-state index contributed by atoms with van der Waals surface area (Å²) in [7, 11) is 0. The molecule has 2 aliphatic heterocycles. The monoisotopic (exact) mass is 576 g/mol. The lowest BCUT2D eigenvalue weighted by atomic mass is 9.89. The van der Waals surface area contributed by atoms with Gasteiger partial charge in [0.1, 0.15) is 0 Å². The molecule has 0 spiro atoms. The standard InChI is InChI=1S/C29H38Cl2N4O4/c1-29(2,3)39-28(38)35-15-5-6-22(35)18-25(36)32-21-11-9-19(10-12-21)20-13-16-34(17-14-20)27(37)33-26-23(30)7-4-8-24(26)31/h4,7-12,20,22,28,38H,5-6,13-18H2,1-3H3,(H,32,36)(H,33,37). The molecule has 2 unspecified atom stereocenters. The van der Waals surface area contributed by atoms with Gasteiger partial charge >= 0.3 is 6.03 Å². The molecule has 39 heavy (non-hydrogen) atoms. The van der Waals surface area contributed by atoms with Crippen LogP contribution in [0.1, 0.15) is 64.4 Å². The molecule has 2 aromatic rings. The van der Waals surface area contributed by atoms with E-state index in [1.54, 1.807) is 23.1 Å². The van der Waals surface area contributed by atoms with E-state index in [4.69, 9.17) is 27.9 Å². The number of nitrogens with zero attached hydrogens (tertiary/aromatic N) is 2. The van der Waals surface area contributed by atoms with Crippen LogP contribution in [0.25, 0.3) is 0 Å². The summed E-state index contributed by atoms with van der Waals surface area (Å²) in [6, 6.07) is 12.8. The van der Waals surface area contributed by atoms with E-state index < -0.39 is 12.0 Å². The van der Waals surface area contributed by atoms with Crippen LogP contribution >= 0.6 is 23.2 Å². The Balaban J connectivity index is 1.25. The summed E-state index contributed by atoms with van der Waals surface area (Å²) >= 11 is 12.4. The first kappa shape index (κ1) is 29.6. The number of hydrogen-bond acceptors (Lipinski definition) is 5. The Kier molecular flexibility index (Phi) is 9.78. The Hall–Kier alpha value is -2.36. The van der Waals surface area contributed by atoms with Crippen LogP contribution in [0.3, 0.4) is 0 Å². The number of urea groups is 1. The lowest BCUT2D eigenvalue weighted by Crippen LogP contribution is -2.45. The third kappa shape index (κ3) is 8.08. The molecule has 212 valence electrons. The maximum atomic E-state index is 12.8. The fraction of sp³-hybridized carbons (Fsp3) is 0.517. The normalized spacial score (nSPS) is 19.6. The fourth-order valence-electron chi connectivity index (χ4n) is 5.24. The minimum absolute atomic E-state index is 0.0575. The lowest BCUT2D eigenvalue weighted by Gasteiger charge is -2.33. The number of halogens is 2. The topological polar surface area (TPSA) is 94.1 Å². The number of carbonyl (C=O) groups is 2. The number of para-hydroxylation sites is 1. The van der Waals surface area contributed by atoms with E-state index in [2.05, 4.69) is 10.6 Å². The summed E-state index contributed by atoms with van der Waals surface area (Å²) in [5.41, 5.74) is 1.89. The highest BCUT2D eigenvalue weighted by Gasteiger charge is 2.33. The van der Waals surface area contributed by atoms with Crippen molar-refractivity contribution in [3.05, 3.63) is 58.1 Å². The first-order chi connectivity index (χ1) is 18.5. The molecule has 2 saturated heterocycles. The van der Waals surface area contributed by atoms with Crippen LogP contribution in [-0.4, -0.2) is 64.5 Å². The number of aliphatic hydroxyl groups is 1.